The quantitative estimate of drug-likeness (QED) is 0.218. The fraction of sp³-hybridized carbons (Fsp3) is 0.267. The summed E-state index contributed by atoms with van der Waals surface area (Å²) in [5.41, 5.74) is 1.09. The van der Waals surface area contributed by atoms with Crippen LogP contribution < -0.4 is 15.4 Å². The Bertz CT molecular complexity index is 1580. The number of hydrogen-bond acceptors (Lipinski definition) is 7. The summed E-state index contributed by atoms with van der Waals surface area (Å²) in [7, 11) is 0. The van der Waals surface area contributed by atoms with E-state index in [1.165, 1.54) is 47.7 Å². The first-order valence-corrected chi connectivity index (χ1v) is 14.5. The van der Waals surface area contributed by atoms with Gasteiger partial charge in [-0.2, -0.15) is 8.78 Å². The number of halogens is 3. The Hall–Kier alpha value is -4.69. The molecule has 0 aliphatic carbocycles. The van der Waals surface area contributed by atoms with Gasteiger partial charge < -0.3 is 30.0 Å². The van der Waals surface area contributed by atoms with E-state index in [4.69, 9.17) is 4.74 Å². The van der Waals surface area contributed by atoms with E-state index in [1.54, 1.807) is 31.5 Å². The summed E-state index contributed by atoms with van der Waals surface area (Å²) in [6.45, 7) is -1.99. The molecule has 10 nitrogen and oxygen atoms in total. The lowest BCUT2D eigenvalue weighted by atomic mass is 10.1. The molecule has 2 aromatic heterocycles. The Morgan fingerprint density at radius 3 is 2.48 bits per heavy atom. The number of nitrogens with zero attached hydrogens (tertiary/aromatic N) is 2. The molecule has 0 radical (unpaired) electrons. The topological polar surface area (TPSA) is 126 Å². The number of likely N-dealkylation sites (tertiary alicyclic amines) is 1. The summed E-state index contributed by atoms with van der Waals surface area (Å²) < 4.78 is 49.3. The molecule has 0 spiro atoms. The molecule has 4 aromatic rings. The molecule has 1 unspecified atom stereocenters. The van der Waals surface area contributed by atoms with Crippen LogP contribution in [0.15, 0.2) is 72.4 Å². The number of rotatable bonds is 11. The fourth-order valence-corrected chi connectivity index (χ4v) is 5.65. The molecule has 44 heavy (non-hydrogen) atoms. The molecule has 230 valence electrons. The van der Waals surface area contributed by atoms with E-state index in [9.17, 15) is 27.6 Å². The van der Waals surface area contributed by atoms with Crippen LogP contribution in [0.1, 0.15) is 34.6 Å². The largest absolute Gasteiger partial charge is 0.457 e. The molecule has 5 rings (SSSR count). The summed E-state index contributed by atoms with van der Waals surface area (Å²) in [6, 6.07) is 11.9. The van der Waals surface area contributed by atoms with Gasteiger partial charge in [-0.25, -0.2) is 9.37 Å². The van der Waals surface area contributed by atoms with Crippen LogP contribution in [0.3, 0.4) is 0 Å². The maximum atomic E-state index is 13.3. The highest BCUT2D eigenvalue weighted by Crippen LogP contribution is 2.29. The lowest BCUT2D eigenvalue weighted by molar-refractivity contribution is -0.160. The van der Waals surface area contributed by atoms with Gasteiger partial charge in [0.1, 0.15) is 29.2 Å². The van der Waals surface area contributed by atoms with E-state index in [-0.39, 0.29) is 18.5 Å². The summed E-state index contributed by atoms with van der Waals surface area (Å²) in [6.07, 6.45) is 2.15. The molecule has 3 heterocycles. The summed E-state index contributed by atoms with van der Waals surface area (Å²) in [5, 5.41) is 7.26. The Morgan fingerprint density at radius 2 is 1.82 bits per heavy atom. The van der Waals surface area contributed by atoms with Gasteiger partial charge in [-0.1, -0.05) is 0 Å². The van der Waals surface area contributed by atoms with E-state index >= 15 is 0 Å². The van der Waals surface area contributed by atoms with Crippen molar-refractivity contribution in [2.24, 2.45) is 0 Å². The highest BCUT2D eigenvalue weighted by molar-refractivity contribution is 7.10. The number of thiophene rings is 1. The van der Waals surface area contributed by atoms with Crippen molar-refractivity contribution in [3.63, 3.8) is 0 Å². The minimum atomic E-state index is -3.07. The van der Waals surface area contributed by atoms with Crippen LogP contribution in [0.25, 0.3) is 11.4 Å². The SMILES string of the molecule is CC(NC(=O)[C@@H]1C[C@@H](OC(F)F)CN1C(=O)CNC(=O)c1ccc(Oc2ccc(F)cc2)cc1)c1cc(-c2ncc[nH]2)cs1. The number of carbonyl (C=O) groups excluding carboxylic acids is 3. The molecule has 3 amide bonds. The Labute approximate surface area is 254 Å². The number of imidazole rings is 1. The van der Waals surface area contributed by atoms with Gasteiger partial charge in [0, 0.05) is 46.7 Å². The molecule has 0 bridgehead atoms. The molecular weight excluding hydrogens is 599 g/mol. The lowest BCUT2D eigenvalue weighted by Gasteiger charge is -2.25. The Balaban J connectivity index is 1.18. The number of alkyl halides is 2. The second-order valence-corrected chi connectivity index (χ2v) is 10.9. The number of aromatic amines is 1. The van der Waals surface area contributed by atoms with Gasteiger partial charge in [0.05, 0.1) is 18.7 Å². The van der Waals surface area contributed by atoms with Crippen LogP contribution in [-0.2, 0) is 14.3 Å². The third-order valence-electron chi connectivity index (χ3n) is 6.92. The molecule has 1 aliphatic rings. The van der Waals surface area contributed by atoms with Crippen LogP contribution in [0.4, 0.5) is 13.2 Å². The van der Waals surface area contributed by atoms with Gasteiger partial charge >= 0.3 is 6.61 Å². The number of benzene rings is 2. The van der Waals surface area contributed by atoms with E-state index < -0.39 is 54.9 Å². The Morgan fingerprint density at radius 1 is 1.11 bits per heavy atom. The van der Waals surface area contributed by atoms with Gasteiger partial charge in [0.2, 0.25) is 11.8 Å². The van der Waals surface area contributed by atoms with Crippen LogP contribution in [0.5, 0.6) is 11.5 Å². The zero-order valence-electron chi connectivity index (χ0n) is 23.3. The van der Waals surface area contributed by atoms with Gasteiger partial charge in [0.15, 0.2) is 0 Å². The van der Waals surface area contributed by atoms with Crippen LogP contribution >= 0.6 is 11.3 Å². The van der Waals surface area contributed by atoms with Gasteiger partial charge in [-0.05, 0) is 61.5 Å². The average Bonchev–Trinajstić information content (AvgIpc) is 3.78. The van der Waals surface area contributed by atoms with Crippen molar-refractivity contribution in [3.05, 3.63) is 88.6 Å². The van der Waals surface area contributed by atoms with Crippen molar-refractivity contribution in [2.75, 3.05) is 13.1 Å². The molecule has 2 aromatic carbocycles. The average molecular weight is 628 g/mol. The normalized spacial score (nSPS) is 17.0. The van der Waals surface area contributed by atoms with Crippen molar-refractivity contribution in [3.8, 4) is 22.9 Å². The fourth-order valence-electron chi connectivity index (χ4n) is 4.75. The number of nitrogens with one attached hydrogen (secondary N) is 3. The van der Waals surface area contributed by atoms with Crippen molar-refractivity contribution in [1.29, 1.82) is 0 Å². The molecule has 1 fully saturated rings. The van der Waals surface area contributed by atoms with E-state index in [2.05, 4.69) is 25.3 Å². The summed E-state index contributed by atoms with van der Waals surface area (Å²) in [4.78, 5) is 48.3. The number of carbonyl (C=O) groups is 3. The van der Waals surface area contributed by atoms with Gasteiger partial charge in [-0.3, -0.25) is 14.4 Å². The number of H-pyrrole nitrogens is 1. The first kappa shape index (κ1) is 30.8. The van der Waals surface area contributed by atoms with E-state index in [0.29, 0.717) is 17.3 Å². The molecule has 1 aliphatic heterocycles. The predicted octanol–water partition coefficient (Wildman–Crippen LogP) is 4.89. The smallest absolute Gasteiger partial charge is 0.345 e. The zero-order chi connectivity index (χ0) is 31.2. The number of hydrogen-bond donors (Lipinski definition) is 3. The van der Waals surface area contributed by atoms with Crippen molar-refractivity contribution >= 4 is 29.1 Å². The Kier molecular flexibility index (Phi) is 9.60. The molecule has 0 saturated carbocycles. The number of ether oxygens (including phenoxy) is 2. The minimum absolute atomic E-state index is 0.125. The summed E-state index contributed by atoms with van der Waals surface area (Å²) >= 11 is 1.42. The molecule has 3 atom stereocenters. The second kappa shape index (κ2) is 13.7. The molecule has 1 saturated heterocycles. The molecule has 14 heteroatoms. The van der Waals surface area contributed by atoms with Crippen molar-refractivity contribution in [1.82, 2.24) is 25.5 Å². The summed E-state index contributed by atoms with van der Waals surface area (Å²) in [5.74, 6) is -0.607. The monoisotopic (exact) mass is 627 g/mol. The minimum Gasteiger partial charge on any atom is -0.457 e. The second-order valence-electron chi connectivity index (χ2n) is 9.99. The highest BCUT2D eigenvalue weighted by atomic mass is 32.1. The first-order chi connectivity index (χ1) is 21.2. The van der Waals surface area contributed by atoms with Crippen LogP contribution in [0, 0.1) is 5.82 Å². The molecule has 3 N–H and O–H groups in total. The maximum Gasteiger partial charge on any atom is 0.345 e. The van der Waals surface area contributed by atoms with E-state index in [0.717, 1.165) is 15.3 Å². The lowest BCUT2D eigenvalue weighted by Crippen LogP contribution is -2.49. The highest BCUT2D eigenvalue weighted by Gasteiger charge is 2.41. The third kappa shape index (κ3) is 7.63. The zero-order valence-corrected chi connectivity index (χ0v) is 24.2. The predicted molar refractivity (Wildman–Crippen MR) is 155 cm³/mol. The standard InChI is InChI=1S/C30H28F3N5O5S/c1-17(25-12-19(16-44-25)27-34-10-11-35-27)37-29(41)24-13-23(43-30(32)33)15-38(24)26(39)14-36-28(40)18-2-6-21(7-3-18)42-22-8-4-20(31)5-9-22/h2-12,16-17,23-24,30H,13-15H2,1H3,(H,34,35)(H,36,40)(H,37,41)/t17?,23-,24+/m1/s1. The van der Waals surface area contributed by atoms with Crippen LogP contribution in [-0.4, -0.2) is 64.4 Å². The number of amides is 3. The van der Waals surface area contributed by atoms with Gasteiger partial charge in [0.25, 0.3) is 5.91 Å². The maximum absolute atomic E-state index is 13.3. The van der Waals surface area contributed by atoms with E-state index in [1.807, 2.05) is 11.4 Å². The molecular formula is C30H28F3N5O5S. The van der Waals surface area contributed by atoms with Crippen LogP contribution in [0.2, 0.25) is 0 Å². The van der Waals surface area contributed by atoms with Gasteiger partial charge in [-0.15, -0.1) is 11.3 Å². The third-order valence-corrected chi connectivity index (χ3v) is 8.04. The first-order valence-electron chi connectivity index (χ1n) is 13.6. The van der Waals surface area contributed by atoms with Crippen molar-refractivity contribution < 1.29 is 37.0 Å². The number of aromatic nitrogens is 2. The van der Waals surface area contributed by atoms with Crippen molar-refractivity contribution in [2.45, 2.75) is 38.1 Å².